The number of halogens is 4. The first-order chi connectivity index (χ1) is 20.0. The Morgan fingerprint density at radius 1 is 0.837 bits per heavy atom. The van der Waals surface area contributed by atoms with Gasteiger partial charge in [-0.25, -0.2) is 4.57 Å². The monoisotopic (exact) mass is 656 g/mol. The predicted octanol–water partition coefficient (Wildman–Crippen LogP) is 1.47. The minimum absolute atomic E-state index is 0. The number of fused-ring (bicyclic) bond motifs is 2. The number of hydrogen-bond acceptors (Lipinski definition) is 6. The lowest BCUT2D eigenvalue weighted by Gasteiger charge is -2.20. The molecule has 1 aromatic heterocycles. The first-order valence-corrected chi connectivity index (χ1v) is 12.9. The van der Waals surface area contributed by atoms with E-state index >= 15 is 0 Å². The molecule has 0 unspecified atom stereocenters. The second-order valence-corrected chi connectivity index (χ2v) is 9.71. The molecule has 43 heavy (non-hydrogen) atoms. The van der Waals surface area contributed by atoms with E-state index < -0.39 is 29.6 Å². The number of amides is 1. The van der Waals surface area contributed by atoms with E-state index in [9.17, 15) is 37.8 Å². The summed E-state index contributed by atoms with van der Waals surface area (Å²) in [6.07, 6.45) is 0.200. The quantitative estimate of drug-likeness (QED) is 0.172. The average Bonchev–Trinajstić information content (AvgIpc) is 2.94. The SMILES string of the molecule is O=C(NCCCc1cc[n+](Cc2ccc(OC(F)(F)F)cc2)cc1)c1cc(O)c2c(c1)C(=O)c1cccc(O)c1C2=O.[Br-]. The van der Waals surface area contributed by atoms with Crippen molar-refractivity contribution in [2.45, 2.75) is 25.7 Å². The average molecular weight is 657 g/mol. The Balaban J connectivity index is 0.00000423. The molecule has 1 aliphatic carbocycles. The molecule has 1 heterocycles. The van der Waals surface area contributed by atoms with Gasteiger partial charge in [0, 0.05) is 40.9 Å². The maximum Gasteiger partial charge on any atom is 0.573 e. The van der Waals surface area contributed by atoms with Gasteiger partial charge in [-0.1, -0.05) is 12.1 Å². The zero-order chi connectivity index (χ0) is 30.0. The van der Waals surface area contributed by atoms with E-state index in [4.69, 9.17) is 0 Å². The van der Waals surface area contributed by atoms with Crippen LogP contribution in [0.3, 0.4) is 0 Å². The molecule has 0 bridgehead atoms. The summed E-state index contributed by atoms with van der Waals surface area (Å²) in [6, 6.07) is 16.0. The van der Waals surface area contributed by atoms with Gasteiger partial charge in [-0.15, -0.1) is 13.2 Å². The largest absolute Gasteiger partial charge is 1.00 e. The first kappa shape index (κ1) is 31.2. The number of rotatable bonds is 8. The highest BCUT2D eigenvalue weighted by Crippen LogP contribution is 2.37. The molecule has 0 spiro atoms. The predicted molar refractivity (Wildman–Crippen MR) is 143 cm³/mol. The van der Waals surface area contributed by atoms with Crippen molar-refractivity contribution in [2.24, 2.45) is 0 Å². The van der Waals surface area contributed by atoms with Gasteiger partial charge in [-0.05, 0) is 60.9 Å². The molecule has 12 heteroatoms. The van der Waals surface area contributed by atoms with Crippen molar-refractivity contribution in [2.75, 3.05) is 6.54 Å². The number of nitrogens with zero attached hydrogens (tertiary/aromatic N) is 1. The molecule has 3 aromatic carbocycles. The van der Waals surface area contributed by atoms with Gasteiger partial charge in [-0.2, -0.15) is 0 Å². The van der Waals surface area contributed by atoms with Gasteiger partial charge in [0.2, 0.25) is 5.78 Å². The number of benzene rings is 3. The van der Waals surface area contributed by atoms with E-state index in [1.54, 1.807) is 12.1 Å². The summed E-state index contributed by atoms with van der Waals surface area (Å²) in [4.78, 5) is 38.6. The summed E-state index contributed by atoms with van der Waals surface area (Å²) in [5, 5.41) is 23.3. The molecule has 8 nitrogen and oxygen atoms in total. The minimum atomic E-state index is -4.74. The second-order valence-electron chi connectivity index (χ2n) is 9.71. The zero-order valence-electron chi connectivity index (χ0n) is 22.3. The van der Waals surface area contributed by atoms with E-state index in [2.05, 4.69) is 10.1 Å². The third kappa shape index (κ3) is 7.03. The van der Waals surface area contributed by atoms with Crippen molar-refractivity contribution in [3.8, 4) is 17.2 Å². The van der Waals surface area contributed by atoms with Crippen LogP contribution < -0.4 is 31.6 Å². The summed E-state index contributed by atoms with van der Waals surface area (Å²) < 4.78 is 42.7. The molecular weight excluding hydrogens is 633 g/mol. The number of pyridine rings is 1. The number of alkyl halides is 3. The highest BCUT2D eigenvalue weighted by molar-refractivity contribution is 6.30. The molecule has 0 saturated carbocycles. The number of aromatic hydroxyl groups is 2. The molecule has 3 N–H and O–H groups in total. The fourth-order valence-corrected chi connectivity index (χ4v) is 4.78. The van der Waals surface area contributed by atoms with E-state index in [0.717, 1.165) is 17.2 Å². The molecule has 1 aliphatic rings. The van der Waals surface area contributed by atoms with Crippen molar-refractivity contribution in [3.05, 3.63) is 118 Å². The number of carbonyl (C=O) groups is 3. The van der Waals surface area contributed by atoms with Crippen molar-refractivity contribution in [3.63, 3.8) is 0 Å². The lowest BCUT2D eigenvalue weighted by Crippen LogP contribution is -3.00. The minimum Gasteiger partial charge on any atom is -1.00 e. The van der Waals surface area contributed by atoms with E-state index in [-0.39, 0.29) is 56.3 Å². The lowest BCUT2D eigenvalue weighted by atomic mass is 9.82. The Kier molecular flexibility index (Phi) is 9.19. The van der Waals surface area contributed by atoms with Crippen molar-refractivity contribution < 1.29 is 64.1 Å². The highest BCUT2D eigenvalue weighted by atomic mass is 79.9. The van der Waals surface area contributed by atoms with Crippen LogP contribution in [-0.4, -0.2) is 40.6 Å². The number of aromatic nitrogens is 1. The number of carbonyl (C=O) groups excluding carboxylic acids is 3. The summed E-state index contributed by atoms with van der Waals surface area (Å²) in [7, 11) is 0. The lowest BCUT2D eigenvalue weighted by molar-refractivity contribution is -0.688. The van der Waals surface area contributed by atoms with Crippen LogP contribution in [0.4, 0.5) is 13.2 Å². The standard InChI is InChI=1S/C31H23F3N2O6.BrH/c32-31(33,34)42-21-8-6-19(7-9-21)17-36-13-10-18(11-14-36)3-2-12-35-30(41)20-15-23-27(25(38)16-20)29(40)26-22(28(23)39)4-1-5-24(26)37;/h1,4-11,13-16H,2-3,12,17H2,(H2-,35,37,38,40,41);1H. The number of nitrogens with one attached hydrogen (secondary N) is 1. The molecule has 222 valence electrons. The maximum absolute atomic E-state index is 13.0. The van der Waals surface area contributed by atoms with Crippen LogP contribution in [0.25, 0.3) is 0 Å². The third-order valence-electron chi connectivity index (χ3n) is 6.78. The normalized spacial score (nSPS) is 12.2. The number of hydrogen-bond donors (Lipinski definition) is 3. The van der Waals surface area contributed by atoms with Gasteiger partial charge in [0.25, 0.3) is 5.91 Å². The number of phenolic OH excluding ortho intramolecular Hbond substituents is 2. The molecule has 5 rings (SSSR count). The number of ketones is 2. The fraction of sp³-hybridized carbons (Fsp3) is 0.161. The molecule has 0 fully saturated rings. The van der Waals surface area contributed by atoms with E-state index in [0.29, 0.717) is 25.9 Å². The summed E-state index contributed by atoms with van der Waals surface area (Å²) in [5.41, 5.74) is 1.30. The molecule has 0 radical (unpaired) electrons. The van der Waals surface area contributed by atoms with Gasteiger partial charge < -0.3 is 37.2 Å². The summed E-state index contributed by atoms with van der Waals surface area (Å²) in [6.45, 7) is 0.763. The number of aryl methyl sites for hydroxylation is 1. The zero-order valence-corrected chi connectivity index (χ0v) is 23.9. The number of ether oxygens (including phenoxy) is 1. The van der Waals surface area contributed by atoms with Crippen molar-refractivity contribution >= 4 is 17.5 Å². The van der Waals surface area contributed by atoms with Crippen LogP contribution in [0.1, 0.15) is 59.7 Å². The highest BCUT2D eigenvalue weighted by Gasteiger charge is 2.35. The topological polar surface area (TPSA) is 117 Å². The van der Waals surface area contributed by atoms with Gasteiger partial charge >= 0.3 is 6.36 Å². The summed E-state index contributed by atoms with van der Waals surface area (Å²) >= 11 is 0. The van der Waals surface area contributed by atoms with Gasteiger partial charge in [0.15, 0.2) is 24.7 Å². The van der Waals surface area contributed by atoms with Crippen molar-refractivity contribution in [1.29, 1.82) is 0 Å². The van der Waals surface area contributed by atoms with Crippen LogP contribution in [0.2, 0.25) is 0 Å². The molecule has 0 saturated heterocycles. The molecule has 1 amide bonds. The Hall–Kier alpha value is -4.71. The van der Waals surface area contributed by atoms with Crippen LogP contribution in [-0.2, 0) is 13.0 Å². The molecular formula is C31H24BrF3N2O6. The molecule has 0 atom stereocenters. The Morgan fingerprint density at radius 2 is 1.51 bits per heavy atom. The van der Waals surface area contributed by atoms with Crippen LogP contribution in [0.5, 0.6) is 17.2 Å². The Bertz CT molecular complexity index is 1690. The fourth-order valence-electron chi connectivity index (χ4n) is 4.78. The first-order valence-electron chi connectivity index (χ1n) is 12.9. The second kappa shape index (κ2) is 12.7. The van der Waals surface area contributed by atoms with Crippen LogP contribution in [0.15, 0.2) is 79.1 Å². The van der Waals surface area contributed by atoms with E-state index in [1.165, 1.54) is 36.4 Å². The van der Waals surface area contributed by atoms with E-state index in [1.807, 2.05) is 29.1 Å². The number of phenols is 2. The summed E-state index contributed by atoms with van der Waals surface area (Å²) in [5.74, 6) is -2.95. The van der Waals surface area contributed by atoms with Gasteiger partial charge in [-0.3, -0.25) is 14.4 Å². The Labute approximate surface area is 254 Å². The third-order valence-corrected chi connectivity index (χ3v) is 6.78. The smallest absolute Gasteiger partial charge is 0.573 e. The Morgan fingerprint density at radius 3 is 2.19 bits per heavy atom. The van der Waals surface area contributed by atoms with Crippen molar-refractivity contribution in [1.82, 2.24) is 5.32 Å². The van der Waals surface area contributed by atoms with Gasteiger partial charge in [0.1, 0.15) is 17.2 Å². The van der Waals surface area contributed by atoms with Gasteiger partial charge in [0.05, 0.1) is 11.1 Å². The maximum atomic E-state index is 13.0. The van der Waals surface area contributed by atoms with Crippen LogP contribution in [0, 0.1) is 0 Å². The molecule has 0 aliphatic heterocycles. The van der Waals surface area contributed by atoms with Crippen LogP contribution >= 0.6 is 0 Å². The molecule has 4 aromatic rings.